The molecule has 3 nitrogen and oxygen atoms in total. The summed E-state index contributed by atoms with van der Waals surface area (Å²) in [4.78, 5) is 6.74. The zero-order valence-electron chi connectivity index (χ0n) is 8.84. The molecule has 0 amide bonds. The summed E-state index contributed by atoms with van der Waals surface area (Å²) in [5.41, 5.74) is 6.72. The quantitative estimate of drug-likeness (QED) is 0.739. The fourth-order valence-electron chi connectivity index (χ4n) is 1.82. The molecule has 3 heteroatoms. The van der Waals surface area contributed by atoms with Crippen molar-refractivity contribution >= 4 is 6.21 Å². The minimum atomic E-state index is 0.470. The van der Waals surface area contributed by atoms with Gasteiger partial charge >= 0.3 is 0 Å². The van der Waals surface area contributed by atoms with Crippen LogP contribution in [0.15, 0.2) is 35.3 Å². The van der Waals surface area contributed by atoms with Crippen LogP contribution in [0.5, 0.6) is 0 Å². The highest BCUT2D eigenvalue weighted by Crippen LogP contribution is 2.14. The molecule has 0 unspecified atom stereocenters. The lowest BCUT2D eigenvalue weighted by molar-refractivity contribution is 0.144. The van der Waals surface area contributed by atoms with E-state index in [1.165, 1.54) is 5.56 Å². The molecule has 15 heavy (non-hydrogen) atoms. The van der Waals surface area contributed by atoms with E-state index in [1.807, 2.05) is 12.3 Å². The van der Waals surface area contributed by atoms with Crippen molar-refractivity contribution in [2.45, 2.75) is 12.6 Å². The predicted molar refractivity (Wildman–Crippen MR) is 63.1 cm³/mol. The first kappa shape index (κ1) is 10.3. The van der Waals surface area contributed by atoms with Crippen molar-refractivity contribution in [2.75, 3.05) is 19.6 Å². The zero-order chi connectivity index (χ0) is 10.5. The van der Waals surface area contributed by atoms with Crippen molar-refractivity contribution in [1.82, 2.24) is 4.90 Å². The molecule has 0 bridgehead atoms. The van der Waals surface area contributed by atoms with E-state index in [4.69, 9.17) is 5.73 Å². The molecule has 1 heterocycles. The first-order chi connectivity index (χ1) is 7.38. The molecule has 0 saturated carbocycles. The fraction of sp³-hybridized carbons (Fsp3) is 0.417. The molecule has 1 aliphatic heterocycles. The molecule has 0 spiro atoms. The minimum Gasteiger partial charge on any atom is -0.326 e. The van der Waals surface area contributed by atoms with Crippen LogP contribution in [0.1, 0.15) is 5.56 Å². The highest BCUT2D eigenvalue weighted by Gasteiger charge is 2.24. The van der Waals surface area contributed by atoms with Gasteiger partial charge < -0.3 is 5.73 Å². The molecule has 1 aliphatic rings. The smallest absolute Gasteiger partial charge is 0.0750 e. The summed E-state index contributed by atoms with van der Waals surface area (Å²) < 4.78 is 0. The van der Waals surface area contributed by atoms with Gasteiger partial charge in [0.25, 0.3) is 0 Å². The molecule has 0 aromatic heterocycles. The third-order valence-electron chi connectivity index (χ3n) is 2.61. The molecule has 0 atom stereocenters. The monoisotopic (exact) mass is 203 g/mol. The van der Waals surface area contributed by atoms with E-state index in [-0.39, 0.29) is 0 Å². The molecule has 80 valence electrons. The van der Waals surface area contributed by atoms with Crippen LogP contribution in [0.4, 0.5) is 0 Å². The number of aliphatic imine (C=N–C) groups is 1. The molecular formula is C12H17N3. The summed E-state index contributed by atoms with van der Waals surface area (Å²) in [5, 5.41) is 0. The van der Waals surface area contributed by atoms with E-state index in [9.17, 15) is 0 Å². The van der Waals surface area contributed by atoms with E-state index in [0.29, 0.717) is 12.6 Å². The summed E-state index contributed by atoms with van der Waals surface area (Å²) in [6, 6.07) is 11.0. The van der Waals surface area contributed by atoms with Crippen molar-refractivity contribution in [3.05, 3.63) is 35.9 Å². The molecule has 2 N–H and O–H groups in total. The summed E-state index contributed by atoms with van der Waals surface area (Å²) >= 11 is 0. The second kappa shape index (κ2) is 5.05. The van der Waals surface area contributed by atoms with Crippen LogP contribution >= 0.6 is 0 Å². The third-order valence-corrected chi connectivity index (χ3v) is 2.61. The second-order valence-corrected chi connectivity index (χ2v) is 3.90. The van der Waals surface area contributed by atoms with Gasteiger partial charge in [-0.2, -0.15) is 0 Å². The van der Waals surface area contributed by atoms with Gasteiger partial charge in [0.05, 0.1) is 6.04 Å². The summed E-state index contributed by atoms with van der Waals surface area (Å²) in [7, 11) is 0. The first-order valence-corrected chi connectivity index (χ1v) is 5.36. The standard InChI is InChI=1S/C12H17N3/c13-6-7-14-12-9-15(10-12)8-11-4-2-1-3-5-11/h1-5,7,12H,6,8-10,13H2. The SMILES string of the molecule is NCC=NC1CN(Cc2ccccc2)C1. The molecule has 2 rings (SSSR count). The van der Waals surface area contributed by atoms with Crippen LogP contribution in [-0.2, 0) is 6.54 Å². The average Bonchev–Trinajstić information content (AvgIpc) is 2.23. The van der Waals surface area contributed by atoms with E-state index >= 15 is 0 Å². The van der Waals surface area contributed by atoms with Gasteiger partial charge in [0, 0.05) is 32.4 Å². The molecule has 0 radical (unpaired) electrons. The fourth-order valence-corrected chi connectivity index (χ4v) is 1.82. The van der Waals surface area contributed by atoms with Crippen LogP contribution in [0, 0.1) is 0 Å². The van der Waals surface area contributed by atoms with E-state index in [0.717, 1.165) is 19.6 Å². The largest absolute Gasteiger partial charge is 0.326 e. The molecule has 1 saturated heterocycles. The van der Waals surface area contributed by atoms with Gasteiger partial charge in [-0.3, -0.25) is 9.89 Å². The highest BCUT2D eigenvalue weighted by molar-refractivity contribution is 5.59. The number of hydrogen-bond acceptors (Lipinski definition) is 3. The lowest BCUT2D eigenvalue weighted by Gasteiger charge is -2.36. The Morgan fingerprint density at radius 1 is 1.33 bits per heavy atom. The van der Waals surface area contributed by atoms with Gasteiger partial charge in [0.1, 0.15) is 0 Å². The predicted octanol–water partition coefficient (Wildman–Crippen LogP) is 0.900. The number of nitrogens with two attached hydrogens (primary N) is 1. The highest BCUT2D eigenvalue weighted by atomic mass is 15.2. The Labute approximate surface area is 90.6 Å². The number of hydrogen-bond donors (Lipinski definition) is 1. The molecule has 1 aromatic carbocycles. The van der Waals surface area contributed by atoms with E-state index in [1.54, 1.807) is 0 Å². The normalized spacial score (nSPS) is 18.2. The molecule has 0 aliphatic carbocycles. The van der Waals surface area contributed by atoms with Crippen LogP contribution < -0.4 is 5.73 Å². The van der Waals surface area contributed by atoms with E-state index < -0.39 is 0 Å². The van der Waals surface area contributed by atoms with Gasteiger partial charge in [-0.25, -0.2) is 0 Å². The Morgan fingerprint density at radius 3 is 2.73 bits per heavy atom. The average molecular weight is 203 g/mol. The van der Waals surface area contributed by atoms with Crippen molar-refractivity contribution in [1.29, 1.82) is 0 Å². The summed E-state index contributed by atoms with van der Waals surface area (Å²) in [6.07, 6.45) is 1.81. The minimum absolute atomic E-state index is 0.470. The number of nitrogens with zero attached hydrogens (tertiary/aromatic N) is 2. The van der Waals surface area contributed by atoms with Crippen molar-refractivity contribution in [3.63, 3.8) is 0 Å². The van der Waals surface area contributed by atoms with Gasteiger partial charge in [-0.15, -0.1) is 0 Å². The van der Waals surface area contributed by atoms with Gasteiger partial charge in [0.15, 0.2) is 0 Å². The maximum absolute atomic E-state index is 5.35. The summed E-state index contributed by atoms with van der Waals surface area (Å²) in [6.45, 7) is 3.71. The first-order valence-electron chi connectivity index (χ1n) is 5.36. The van der Waals surface area contributed by atoms with Crippen LogP contribution in [0.2, 0.25) is 0 Å². The van der Waals surface area contributed by atoms with Gasteiger partial charge in [-0.1, -0.05) is 30.3 Å². The topological polar surface area (TPSA) is 41.6 Å². The van der Waals surface area contributed by atoms with Gasteiger partial charge in [-0.05, 0) is 5.56 Å². The Bertz CT molecular complexity index is 315. The molecule has 1 aromatic rings. The van der Waals surface area contributed by atoms with Crippen molar-refractivity contribution in [3.8, 4) is 0 Å². The van der Waals surface area contributed by atoms with Gasteiger partial charge in [0.2, 0.25) is 0 Å². The van der Waals surface area contributed by atoms with Crippen LogP contribution in [-0.4, -0.2) is 36.8 Å². The number of rotatable bonds is 4. The Kier molecular flexibility index (Phi) is 3.48. The summed E-state index contributed by atoms with van der Waals surface area (Å²) in [5.74, 6) is 0. The van der Waals surface area contributed by atoms with Crippen molar-refractivity contribution in [2.24, 2.45) is 10.7 Å². The Balaban J connectivity index is 1.74. The lowest BCUT2D eigenvalue weighted by atomic mass is 10.1. The number of benzene rings is 1. The molecule has 1 fully saturated rings. The zero-order valence-corrected chi connectivity index (χ0v) is 8.84. The maximum Gasteiger partial charge on any atom is 0.0750 e. The van der Waals surface area contributed by atoms with E-state index in [2.05, 4.69) is 34.2 Å². The van der Waals surface area contributed by atoms with Crippen molar-refractivity contribution < 1.29 is 0 Å². The third kappa shape index (κ3) is 2.88. The number of likely N-dealkylation sites (tertiary alicyclic amines) is 1. The second-order valence-electron chi connectivity index (χ2n) is 3.90. The lowest BCUT2D eigenvalue weighted by Crippen LogP contribution is -2.49. The van der Waals surface area contributed by atoms with Crippen LogP contribution in [0.3, 0.4) is 0 Å². The Hall–Kier alpha value is -1.19. The Morgan fingerprint density at radius 2 is 2.07 bits per heavy atom. The van der Waals surface area contributed by atoms with Crippen LogP contribution in [0.25, 0.3) is 0 Å². The maximum atomic E-state index is 5.35. The molecular weight excluding hydrogens is 186 g/mol.